The predicted octanol–water partition coefficient (Wildman–Crippen LogP) is 4.03. The lowest BCUT2D eigenvalue weighted by Crippen LogP contribution is -2.21. The molecule has 2 aromatic rings. The molecule has 0 aliphatic carbocycles. The highest BCUT2D eigenvalue weighted by molar-refractivity contribution is 5.57. The molecular formula is C18H22N2. The molecule has 0 saturated heterocycles. The highest BCUT2D eigenvalue weighted by Crippen LogP contribution is 2.33. The van der Waals surface area contributed by atoms with Crippen LogP contribution in [0.5, 0.6) is 0 Å². The van der Waals surface area contributed by atoms with Crippen molar-refractivity contribution in [3.8, 4) is 0 Å². The smallest absolute Gasteiger partial charge is 0.0376 e. The van der Waals surface area contributed by atoms with Gasteiger partial charge in [0.05, 0.1) is 0 Å². The molecule has 0 fully saturated rings. The summed E-state index contributed by atoms with van der Waals surface area (Å²) in [4.78, 5) is 2.36. The Morgan fingerprint density at radius 2 is 2.00 bits per heavy atom. The summed E-state index contributed by atoms with van der Waals surface area (Å²) in [7, 11) is 2.18. The van der Waals surface area contributed by atoms with Crippen LogP contribution in [0.4, 0.5) is 11.4 Å². The average Bonchev–Trinajstić information content (AvgIpc) is 2.88. The van der Waals surface area contributed by atoms with Crippen LogP contribution in [-0.2, 0) is 0 Å². The minimum Gasteiger partial charge on any atom is -0.384 e. The minimum absolute atomic E-state index is 0.637. The Kier molecular flexibility index (Phi) is 3.64. The lowest BCUT2D eigenvalue weighted by atomic mass is 9.98. The number of nitrogens with zero attached hydrogens (tertiary/aromatic N) is 1. The van der Waals surface area contributed by atoms with Gasteiger partial charge in [0, 0.05) is 37.4 Å². The van der Waals surface area contributed by atoms with Crippen molar-refractivity contribution < 1.29 is 0 Å². The van der Waals surface area contributed by atoms with Crippen molar-refractivity contribution in [2.75, 3.05) is 30.4 Å². The Morgan fingerprint density at radius 3 is 2.85 bits per heavy atom. The van der Waals surface area contributed by atoms with E-state index in [0.717, 1.165) is 13.1 Å². The molecule has 0 amide bonds. The van der Waals surface area contributed by atoms with Crippen LogP contribution >= 0.6 is 0 Å². The van der Waals surface area contributed by atoms with E-state index in [1.165, 1.54) is 28.9 Å². The topological polar surface area (TPSA) is 15.3 Å². The number of fused-ring (bicyclic) bond motifs is 1. The van der Waals surface area contributed by atoms with E-state index in [0.29, 0.717) is 5.92 Å². The number of rotatable bonds is 4. The van der Waals surface area contributed by atoms with Crippen molar-refractivity contribution in [3.05, 3.63) is 59.7 Å². The normalized spacial score (nSPS) is 16.6. The molecule has 2 aromatic carbocycles. The van der Waals surface area contributed by atoms with E-state index < -0.39 is 0 Å². The Morgan fingerprint density at radius 1 is 1.15 bits per heavy atom. The molecule has 2 heteroatoms. The van der Waals surface area contributed by atoms with Crippen molar-refractivity contribution >= 4 is 11.4 Å². The van der Waals surface area contributed by atoms with Gasteiger partial charge in [-0.2, -0.15) is 0 Å². The van der Waals surface area contributed by atoms with Crippen LogP contribution in [0.1, 0.15) is 23.5 Å². The van der Waals surface area contributed by atoms with Gasteiger partial charge in [0.1, 0.15) is 0 Å². The van der Waals surface area contributed by atoms with E-state index in [-0.39, 0.29) is 0 Å². The zero-order valence-corrected chi connectivity index (χ0v) is 12.3. The number of para-hydroxylation sites is 1. The van der Waals surface area contributed by atoms with E-state index in [4.69, 9.17) is 0 Å². The molecule has 0 saturated carbocycles. The summed E-state index contributed by atoms with van der Waals surface area (Å²) < 4.78 is 0. The first-order valence-electron chi connectivity index (χ1n) is 7.34. The van der Waals surface area contributed by atoms with Gasteiger partial charge in [0.2, 0.25) is 0 Å². The van der Waals surface area contributed by atoms with Crippen LogP contribution in [0.2, 0.25) is 0 Å². The van der Waals surface area contributed by atoms with Gasteiger partial charge in [0.25, 0.3) is 0 Å². The van der Waals surface area contributed by atoms with Crippen molar-refractivity contribution in [1.29, 1.82) is 0 Å². The number of hydrogen-bond acceptors (Lipinski definition) is 2. The summed E-state index contributed by atoms with van der Waals surface area (Å²) in [6, 6.07) is 17.4. The third kappa shape index (κ3) is 2.64. The maximum Gasteiger partial charge on any atom is 0.0376 e. The molecule has 1 heterocycles. The van der Waals surface area contributed by atoms with Gasteiger partial charge in [-0.15, -0.1) is 0 Å². The molecule has 1 atom stereocenters. The summed E-state index contributed by atoms with van der Waals surface area (Å²) in [5, 5.41) is 3.50. The van der Waals surface area contributed by atoms with Gasteiger partial charge < -0.3 is 10.2 Å². The SMILES string of the molecule is Cc1cccc(N(C)CCC2CNc3ccccc32)c1. The Bertz CT molecular complexity index is 591. The van der Waals surface area contributed by atoms with Crippen LogP contribution < -0.4 is 10.2 Å². The largest absolute Gasteiger partial charge is 0.384 e. The summed E-state index contributed by atoms with van der Waals surface area (Å²) in [5.74, 6) is 0.637. The monoisotopic (exact) mass is 266 g/mol. The molecule has 0 bridgehead atoms. The van der Waals surface area contributed by atoms with Crippen LogP contribution in [0, 0.1) is 6.92 Å². The highest BCUT2D eigenvalue weighted by Gasteiger charge is 2.21. The van der Waals surface area contributed by atoms with Crippen LogP contribution in [0.3, 0.4) is 0 Å². The first-order chi connectivity index (χ1) is 9.74. The number of benzene rings is 2. The standard InChI is InChI=1S/C18H22N2/c1-14-6-5-7-16(12-14)20(2)11-10-15-13-19-18-9-4-3-8-17(15)18/h3-9,12,15,19H,10-11,13H2,1-2H3. The molecule has 1 aliphatic heterocycles. The molecule has 1 unspecified atom stereocenters. The van der Waals surface area contributed by atoms with E-state index in [2.05, 4.69) is 72.7 Å². The van der Waals surface area contributed by atoms with Gasteiger partial charge >= 0.3 is 0 Å². The van der Waals surface area contributed by atoms with E-state index in [1.54, 1.807) is 0 Å². The molecule has 0 aromatic heterocycles. The van der Waals surface area contributed by atoms with E-state index in [9.17, 15) is 0 Å². The van der Waals surface area contributed by atoms with Crippen LogP contribution in [-0.4, -0.2) is 20.1 Å². The maximum absolute atomic E-state index is 3.50. The average molecular weight is 266 g/mol. The molecular weight excluding hydrogens is 244 g/mol. The van der Waals surface area contributed by atoms with Crippen LogP contribution in [0.25, 0.3) is 0 Å². The number of hydrogen-bond donors (Lipinski definition) is 1. The van der Waals surface area contributed by atoms with Crippen molar-refractivity contribution in [3.63, 3.8) is 0 Å². The molecule has 104 valence electrons. The lowest BCUT2D eigenvalue weighted by molar-refractivity contribution is 0.667. The van der Waals surface area contributed by atoms with Gasteiger partial charge in [-0.05, 0) is 42.7 Å². The molecule has 0 radical (unpaired) electrons. The Balaban J connectivity index is 1.63. The number of nitrogens with one attached hydrogen (secondary N) is 1. The summed E-state index contributed by atoms with van der Waals surface area (Å²) in [6.07, 6.45) is 1.19. The zero-order chi connectivity index (χ0) is 13.9. The minimum atomic E-state index is 0.637. The zero-order valence-electron chi connectivity index (χ0n) is 12.3. The second-order valence-electron chi connectivity index (χ2n) is 5.71. The molecule has 2 nitrogen and oxygen atoms in total. The highest BCUT2D eigenvalue weighted by atomic mass is 15.1. The fourth-order valence-corrected chi connectivity index (χ4v) is 2.96. The lowest BCUT2D eigenvalue weighted by Gasteiger charge is -2.21. The third-order valence-electron chi connectivity index (χ3n) is 4.19. The van der Waals surface area contributed by atoms with Crippen molar-refractivity contribution in [1.82, 2.24) is 0 Å². The first kappa shape index (κ1) is 13.0. The fraction of sp³-hybridized carbons (Fsp3) is 0.333. The maximum atomic E-state index is 3.50. The van der Waals surface area contributed by atoms with Crippen molar-refractivity contribution in [2.45, 2.75) is 19.3 Å². The van der Waals surface area contributed by atoms with Crippen molar-refractivity contribution in [2.24, 2.45) is 0 Å². The summed E-state index contributed by atoms with van der Waals surface area (Å²) >= 11 is 0. The molecule has 0 spiro atoms. The number of anilines is 2. The first-order valence-corrected chi connectivity index (χ1v) is 7.34. The second-order valence-corrected chi connectivity index (χ2v) is 5.71. The Hall–Kier alpha value is -1.96. The third-order valence-corrected chi connectivity index (χ3v) is 4.19. The van der Waals surface area contributed by atoms with Gasteiger partial charge in [-0.1, -0.05) is 30.3 Å². The Labute approximate surface area is 121 Å². The van der Waals surface area contributed by atoms with Gasteiger partial charge in [-0.3, -0.25) is 0 Å². The van der Waals surface area contributed by atoms with Crippen LogP contribution in [0.15, 0.2) is 48.5 Å². The molecule has 1 aliphatic rings. The molecule has 20 heavy (non-hydrogen) atoms. The van der Waals surface area contributed by atoms with E-state index >= 15 is 0 Å². The summed E-state index contributed by atoms with van der Waals surface area (Å²) in [5.41, 5.74) is 5.42. The fourth-order valence-electron chi connectivity index (χ4n) is 2.96. The molecule has 3 rings (SSSR count). The summed E-state index contributed by atoms with van der Waals surface area (Å²) in [6.45, 7) is 4.31. The molecule has 1 N–H and O–H groups in total. The number of aryl methyl sites for hydroxylation is 1. The van der Waals surface area contributed by atoms with Gasteiger partial charge in [-0.25, -0.2) is 0 Å². The second kappa shape index (κ2) is 5.58. The van der Waals surface area contributed by atoms with Gasteiger partial charge in [0.15, 0.2) is 0 Å². The quantitative estimate of drug-likeness (QED) is 0.898. The van der Waals surface area contributed by atoms with E-state index in [1.807, 2.05) is 0 Å². The predicted molar refractivity (Wildman–Crippen MR) is 86.7 cm³/mol.